The van der Waals surface area contributed by atoms with E-state index in [1.54, 1.807) is 0 Å². The molecule has 1 aliphatic carbocycles. The van der Waals surface area contributed by atoms with E-state index in [4.69, 9.17) is 9.85 Å². The number of hydrogen-bond donors (Lipinski definition) is 1. The molecule has 37 heavy (non-hydrogen) atoms. The second-order valence-corrected chi connectivity index (χ2v) is 12.6. The van der Waals surface area contributed by atoms with E-state index in [0.717, 1.165) is 41.1 Å². The molecule has 3 aliphatic rings. The summed E-state index contributed by atoms with van der Waals surface area (Å²) in [5.74, 6) is 0.768. The predicted octanol–water partition coefficient (Wildman–Crippen LogP) is 6.88. The van der Waals surface area contributed by atoms with Gasteiger partial charge in [0.2, 0.25) is 0 Å². The van der Waals surface area contributed by atoms with E-state index in [1.165, 1.54) is 19.5 Å². The largest absolute Gasteiger partial charge is 0.494 e. The smallest absolute Gasteiger partial charge is 0.162 e. The van der Waals surface area contributed by atoms with Gasteiger partial charge >= 0.3 is 0 Å². The average Bonchev–Trinajstić information content (AvgIpc) is 3.19. The van der Waals surface area contributed by atoms with Crippen LogP contribution in [-0.2, 0) is 10.2 Å². The molecule has 0 amide bonds. The van der Waals surface area contributed by atoms with Crippen molar-refractivity contribution in [3.05, 3.63) is 70.7 Å². The fourth-order valence-corrected chi connectivity index (χ4v) is 6.21. The maximum Gasteiger partial charge on any atom is 0.162 e. The molecule has 2 atom stereocenters. The minimum absolute atomic E-state index is 0.00957. The highest BCUT2D eigenvalue weighted by atomic mass is 19.1. The summed E-state index contributed by atoms with van der Waals surface area (Å²) in [5, 5.41) is 12.8. The summed E-state index contributed by atoms with van der Waals surface area (Å²) in [7, 11) is 1.51. The molecule has 194 valence electrons. The number of hydrogen-bond acceptors (Lipinski definition) is 6. The van der Waals surface area contributed by atoms with Crippen molar-refractivity contribution in [1.29, 1.82) is 0 Å². The average molecular weight is 503 g/mol. The second-order valence-electron chi connectivity index (χ2n) is 12.6. The number of azo groups is 1. The number of Topliss-reactive ketones (excluding diaryl/α,β-unsaturated/α-hetero) is 1. The summed E-state index contributed by atoms with van der Waals surface area (Å²) in [6.45, 7) is 12.9. The van der Waals surface area contributed by atoms with Gasteiger partial charge in [0.15, 0.2) is 17.4 Å². The van der Waals surface area contributed by atoms with Gasteiger partial charge in [-0.2, -0.15) is 5.11 Å². The van der Waals surface area contributed by atoms with Gasteiger partial charge in [-0.1, -0.05) is 52.8 Å². The van der Waals surface area contributed by atoms with Crippen molar-refractivity contribution >= 4 is 5.78 Å². The van der Waals surface area contributed by atoms with Crippen molar-refractivity contribution in [2.24, 2.45) is 21.1 Å². The van der Waals surface area contributed by atoms with Gasteiger partial charge in [-0.05, 0) is 47.8 Å². The third kappa shape index (κ3) is 4.28. The van der Waals surface area contributed by atoms with Crippen LogP contribution >= 0.6 is 0 Å². The van der Waals surface area contributed by atoms with Crippen LogP contribution in [0, 0.1) is 16.6 Å². The van der Waals surface area contributed by atoms with Gasteiger partial charge in [0.05, 0.1) is 31.1 Å². The van der Waals surface area contributed by atoms with Crippen LogP contribution in [0.5, 0.6) is 5.75 Å². The fourth-order valence-electron chi connectivity index (χ4n) is 6.21. The van der Waals surface area contributed by atoms with E-state index in [1.807, 2.05) is 24.3 Å². The first-order chi connectivity index (χ1) is 17.3. The lowest BCUT2D eigenvalue weighted by Crippen LogP contribution is -2.46. The van der Waals surface area contributed by atoms with Crippen molar-refractivity contribution in [3.63, 3.8) is 0 Å². The predicted molar refractivity (Wildman–Crippen MR) is 141 cm³/mol. The molecule has 0 fully saturated rings. The Balaban J connectivity index is 1.73. The Morgan fingerprint density at radius 1 is 1.16 bits per heavy atom. The molecule has 5 rings (SSSR count). The first kappa shape index (κ1) is 25.3. The molecule has 0 bridgehead atoms. The van der Waals surface area contributed by atoms with Gasteiger partial charge < -0.3 is 10.1 Å². The molecule has 3 heterocycles. The molecule has 6 nitrogen and oxygen atoms in total. The number of ether oxygens (including phenoxy) is 1. The fraction of sp³-hybridized carbons (Fsp3) is 0.467. The topological polar surface area (TPSA) is 75.9 Å². The molecule has 2 aliphatic heterocycles. The zero-order valence-electron chi connectivity index (χ0n) is 22.7. The highest BCUT2D eigenvalue weighted by Gasteiger charge is 2.52. The highest BCUT2D eigenvalue weighted by Crippen LogP contribution is 2.54. The molecule has 0 saturated carbocycles. The lowest BCUT2D eigenvalue weighted by Gasteiger charge is -2.45. The van der Waals surface area contributed by atoms with Crippen LogP contribution in [0.3, 0.4) is 0 Å². The first-order valence-corrected chi connectivity index (χ1v) is 12.8. The standard InChI is InChI=1S/C30H35FN4O2/c1-28(2,3)12-21-26-27(35-34-21)33-20-13-29(4,5)14-22(36)25(20)30(26,6)18-10-8-9-17(11-18)24-19(31)15-32-16-23(24)37-7/h8-11,15-16,21,33H,12-14H2,1-7H3/t21?,30-/m0/s1. The number of nitrogens with one attached hydrogen (secondary N) is 1. The van der Waals surface area contributed by atoms with Gasteiger partial charge in [-0.25, -0.2) is 4.39 Å². The van der Waals surface area contributed by atoms with E-state index in [9.17, 15) is 4.79 Å². The van der Waals surface area contributed by atoms with Gasteiger partial charge in [0.25, 0.3) is 0 Å². The summed E-state index contributed by atoms with van der Waals surface area (Å²) in [6.07, 6.45) is 4.71. The summed E-state index contributed by atoms with van der Waals surface area (Å²) < 4.78 is 20.5. The number of aromatic nitrogens is 1. The SMILES string of the molecule is COc1cncc(F)c1-c1cccc([C@@]2(C)C3=C(CC(C)(C)CC3=O)NC3=C2C(CC(C)(C)C)N=N3)c1. The minimum atomic E-state index is -0.768. The van der Waals surface area contributed by atoms with Crippen LogP contribution in [-0.4, -0.2) is 23.9 Å². The van der Waals surface area contributed by atoms with Crippen molar-refractivity contribution in [3.8, 4) is 16.9 Å². The summed E-state index contributed by atoms with van der Waals surface area (Å²) in [4.78, 5) is 17.8. The van der Waals surface area contributed by atoms with Crippen molar-refractivity contribution in [2.45, 2.75) is 72.3 Å². The lowest BCUT2D eigenvalue weighted by molar-refractivity contribution is -0.118. The number of pyridine rings is 1. The maximum absolute atomic E-state index is 15.0. The number of carbonyl (C=O) groups is 1. The van der Waals surface area contributed by atoms with E-state index >= 15 is 4.39 Å². The number of dihydropyridines is 1. The number of ketones is 1. The Hall–Kier alpha value is -3.35. The van der Waals surface area contributed by atoms with Gasteiger partial charge in [0, 0.05) is 28.7 Å². The third-order valence-corrected chi connectivity index (χ3v) is 7.69. The number of rotatable bonds is 4. The Morgan fingerprint density at radius 3 is 2.62 bits per heavy atom. The number of halogens is 1. The van der Waals surface area contributed by atoms with Crippen molar-refractivity contribution in [1.82, 2.24) is 10.3 Å². The van der Waals surface area contributed by atoms with Crippen LogP contribution in [0.15, 0.2) is 69.6 Å². The van der Waals surface area contributed by atoms with E-state index < -0.39 is 11.2 Å². The molecule has 0 saturated heterocycles. The molecular formula is C30H35FN4O2. The van der Waals surface area contributed by atoms with Crippen molar-refractivity contribution in [2.75, 3.05) is 7.11 Å². The zero-order chi connectivity index (χ0) is 26.8. The Labute approximate surface area is 218 Å². The van der Waals surface area contributed by atoms with E-state index in [2.05, 4.69) is 57.0 Å². The summed E-state index contributed by atoms with van der Waals surface area (Å²) in [5.41, 5.74) is 3.71. The number of benzene rings is 1. The molecular weight excluding hydrogens is 467 g/mol. The molecule has 0 radical (unpaired) electrons. The highest BCUT2D eigenvalue weighted by molar-refractivity contribution is 6.01. The molecule has 1 aromatic carbocycles. The quantitative estimate of drug-likeness (QED) is 0.494. The van der Waals surface area contributed by atoms with Gasteiger partial charge in [-0.3, -0.25) is 9.78 Å². The Bertz CT molecular complexity index is 1380. The van der Waals surface area contributed by atoms with Crippen LogP contribution in [0.2, 0.25) is 0 Å². The Morgan fingerprint density at radius 2 is 1.92 bits per heavy atom. The number of methoxy groups -OCH3 is 1. The molecule has 2 aromatic rings. The number of allylic oxidation sites excluding steroid dienone is 2. The molecule has 1 unspecified atom stereocenters. The third-order valence-electron chi connectivity index (χ3n) is 7.69. The number of nitrogens with zero attached hydrogens (tertiary/aromatic N) is 3. The normalized spacial score (nSPS) is 24.6. The molecule has 1 aromatic heterocycles. The van der Waals surface area contributed by atoms with Crippen LogP contribution in [0.25, 0.3) is 11.1 Å². The molecule has 7 heteroatoms. The van der Waals surface area contributed by atoms with E-state index in [-0.39, 0.29) is 22.7 Å². The molecule has 0 spiro atoms. The van der Waals surface area contributed by atoms with Crippen LogP contribution < -0.4 is 10.1 Å². The monoisotopic (exact) mass is 502 g/mol. The molecule has 1 N–H and O–H groups in total. The van der Waals surface area contributed by atoms with Crippen LogP contribution in [0.4, 0.5) is 4.39 Å². The first-order valence-electron chi connectivity index (χ1n) is 12.8. The van der Waals surface area contributed by atoms with Gasteiger partial charge in [0.1, 0.15) is 5.75 Å². The minimum Gasteiger partial charge on any atom is -0.494 e. The Kier molecular flexibility index (Phi) is 5.89. The summed E-state index contributed by atoms with van der Waals surface area (Å²) >= 11 is 0. The van der Waals surface area contributed by atoms with Crippen LogP contribution in [0.1, 0.15) is 66.4 Å². The number of carbonyl (C=O) groups excluding carboxylic acids is 1. The van der Waals surface area contributed by atoms with E-state index in [0.29, 0.717) is 23.3 Å². The second kappa shape index (κ2) is 8.61. The lowest BCUT2D eigenvalue weighted by atomic mass is 9.59. The van der Waals surface area contributed by atoms with Gasteiger partial charge in [-0.15, -0.1) is 5.11 Å². The summed E-state index contributed by atoms with van der Waals surface area (Å²) in [6, 6.07) is 7.61. The zero-order valence-corrected chi connectivity index (χ0v) is 22.7. The maximum atomic E-state index is 15.0. The van der Waals surface area contributed by atoms with Crippen molar-refractivity contribution < 1.29 is 13.9 Å².